The third kappa shape index (κ3) is 4.24. The van der Waals surface area contributed by atoms with Crippen LogP contribution < -0.4 is 20.7 Å². The SMILES string of the molecule is COc1c(-c2ccccc2)cc2ccccc2c1-c1c(P(=O)(c2ccccc2)c2ccccc2)ccc2ccccc12. The smallest absolute Gasteiger partial charge is 0.171 e. The molecule has 0 spiro atoms. The molecular weight excluding hydrogens is 531 g/mol. The molecular formula is C39H29O2P. The van der Waals surface area contributed by atoms with E-state index in [1.807, 2.05) is 78.9 Å². The van der Waals surface area contributed by atoms with Crippen molar-refractivity contribution in [3.05, 3.63) is 158 Å². The quantitative estimate of drug-likeness (QED) is 0.190. The summed E-state index contributed by atoms with van der Waals surface area (Å²) in [5, 5.41) is 6.67. The molecule has 0 radical (unpaired) electrons. The van der Waals surface area contributed by atoms with Crippen LogP contribution in [0.2, 0.25) is 0 Å². The van der Waals surface area contributed by atoms with Crippen LogP contribution in [0.1, 0.15) is 0 Å². The van der Waals surface area contributed by atoms with Crippen molar-refractivity contribution in [1.82, 2.24) is 0 Å². The normalized spacial score (nSPS) is 11.5. The first-order valence-corrected chi connectivity index (χ1v) is 15.8. The summed E-state index contributed by atoms with van der Waals surface area (Å²) in [7, 11) is -1.60. The van der Waals surface area contributed by atoms with Crippen LogP contribution in [0.5, 0.6) is 5.75 Å². The number of benzene rings is 7. The molecule has 42 heavy (non-hydrogen) atoms. The number of ether oxygens (including phenoxy) is 1. The van der Waals surface area contributed by atoms with Gasteiger partial charge in [-0.3, -0.25) is 0 Å². The highest BCUT2D eigenvalue weighted by Gasteiger charge is 2.34. The fourth-order valence-corrected chi connectivity index (χ4v) is 8.98. The van der Waals surface area contributed by atoms with E-state index >= 15 is 4.57 Å². The lowest BCUT2D eigenvalue weighted by Gasteiger charge is -2.26. The van der Waals surface area contributed by atoms with E-state index < -0.39 is 7.14 Å². The second-order valence-corrected chi connectivity index (χ2v) is 13.1. The van der Waals surface area contributed by atoms with E-state index in [-0.39, 0.29) is 0 Å². The summed E-state index contributed by atoms with van der Waals surface area (Å²) in [6, 6.07) is 53.3. The van der Waals surface area contributed by atoms with Crippen molar-refractivity contribution in [3.63, 3.8) is 0 Å². The predicted molar refractivity (Wildman–Crippen MR) is 178 cm³/mol. The van der Waals surface area contributed by atoms with Gasteiger partial charge in [-0.2, -0.15) is 0 Å². The lowest BCUT2D eigenvalue weighted by Crippen LogP contribution is -2.26. The van der Waals surface area contributed by atoms with Crippen molar-refractivity contribution >= 4 is 44.6 Å². The molecule has 2 nitrogen and oxygen atoms in total. The average Bonchev–Trinajstić information content (AvgIpc) is 3.07. The van der Waals surface area contributed by atoms with E-state index in [1.165, 1.54) is 0 Å². The molecule has 0 heterocycles. The molecule has 0 saturated carbocycles. The minimum absolute atomic E-state index is 0.769. The number of rotatable bonds is 6. The van der Waals surface area contributed by atoms with Gasteiger partial charge in [0.25, 0.3) is 0 Å². The first-order chi connectivity index (χ1) is 20.7. The number of methoxy groups -OCH3 is 1. The standard InChI is InChI=1S/C39H29O2P/c1-41-39-35(28-15-5-2-6-16-28)27-30-18-12-14-24-34(30)38(39)37-33-23-13-11-17-29(33)25-26-36(37)42(40,31-19-7-3-8-20-31)32-21-9-4-10-22-32/h2-27H,1H3. The lowest BCUT2D eigenvalue weighted by molar-refractivity contribution is 0.418. The van der Waals surface area contributed by atoms with Crippen molar-refractivity contribution in [2.75, 3.05) is 7.11 Å². The Bertz CT molecular complexity index is 2040. The molecule has 0 aliphatic carbocycles. The molecule has 3 heteroatoms. The third-order valence-electron chi connectivity index (χ3n) is 8.03. The van der Waals surface area contributed by atoms with E-state index in [0.717, 1.165) is 65.5 Å². The summed E-state index contributed by atoms with van der Waals surface area (Å²) in [5.41, 5.74) is 3.96. The molecule has 202 valence electrons. The first-order valence-electron chi connectivity index (χ1n) is 14.1. The average molecular weight is 561 g/mol. The molecule has 0 unspecified atom stereocenters. The van der Waals surface area contributed by atoms with Crippen LogP contribution in [0.3, 0.4) is 0 Å². The highest BCUT2D eigenvalue weighted by Crippen LogP contribution is 2.51. The zero-order valence-electron chi connectivity index (χ0n) is 23.3. The Labute approximate surface area is 246 Å². The molecule has 0 bridgehead atoms. The zero-order valence-corrected chi connectivity index (χ0v) is 24.2. The second kappa shape index (κ2) is 10.8. The van der Waals surface area contributed by atoms with Crippen molar-refractivity contribution in [2.45, 2.75) is 0 Å². The fraction of sp³-hybridized carbons (Fsp3) is 0.0256. The van der Waals surface area contributed by atoms with Gasteiger partial charge in [-0.15, -0.1) is 0 Å². The summed E-state index contributed by atoms with van der Waals surface area (Å²) in [4.78, 5) is 0. The topological polar surface area (TPSA) is 26.3 Å². The number of hydrogen-bond acceptors (Lipinski definition) is 2. The molecule has 0 aliphatic heterocycles. The summed E-state index contributed by atoms with van der Waals surface area (Å²) in [6.45, 7) is 0. The largest absolute Gasteiger partial charge is 0.495 e. The Hall–Kier alpha value is -4.91. The summed E-state index contributed by atoms with van der Waals surface area (Å²) < 4.78 is 22.2. The van der Waals surface area contributed by atoms with Crippen LogP contribution in [-0.2, 0) is 4.57 Å². The van der Waals surface area contributed by atoms with E-state index in [0.29, 0.717) is 0 Å². The molecule has 0 fully saturated rings. The van der Waals surface area contributed by atoms with Gasteiger partial charge in [0, 0.05) is 32.6 Å². The second-order valence-electron chi connectivity index (χ2n) is 10.4. The maximum atomic E-state index is 15.9. The number of hydrogen-bond donors (Lipinski definition) is 0. The minimum Gasteiger partial charge on any atom is -0.495 e. The molecule has 7 aromatic carbocycles. The molecule has 0 aromatic heterocycles. The molecule has 7 aromatic rings. The van der Waals surface area contributed by atoms with Gasteiger partial charge in [0.2, 0.25) is 0 Å². The van der Waals surface area contributed by atoms with Crippen molar-refractivity contribution < 1.29 is 9.30 Å². The molecule has 7 rings (SSSR count). The van der Waals surface area contributed by atoms with Gasteiger partial charge in [0.05, 0.1) is 7.11 Å². The van der Waals surface area contributed by atoms with Crippen LogP contribution in [0.25, 0.3) is 43.8 Å². The molecule has 0 amide bonds. The maximum Gasteiger partial charge on any atom is 0.171 e. The van der Waals surface area contributed by atoms with Crippen LogP contribution in [0.4, 0.5) is 0 Å². The van der Waals surface area contributed by atoms with Gasteiger partial charge in [0.1, 0.15) is 5.75 Å². The highest BCUT2D eigenvalue weighted by atomic mass is 31.2. The summed E-state index contributed by atoms with van der Waals surface area (Å²) >= 11 is 0. The van der Waals surface area contributed by atoms with Crippen LogP contribution in [0, 0.1) is 0 Å². The van der Waals surface area contributed by atoms with Crippen molar-refractivity contribution in [2.24, 2.45) is 0 Å². The van der Waals surface area contributed by atoms with E-state index in [4.69, 9.17) is 4.74 Å². The molecule has 0 atom stereocenters. The highest BCUT2D eigenvalue weighted by molar-refractivity contribution is 7.85. The van der Waals surface area contributed by atoms with Crippen LogP contribution in [-0.4, -0.2) is 7.11 Å². The van der Waals surface area contributed by atoms with Crippen LogP contribution >= 0.6 is 7.14 Å². The summed E-state index contributed by atoms with van der Waals surface area (Å²) in [5.74, 6) is 0.769. The zero-order chi connectivity index (χ0) is 28.5. The molecule has 0 N–H and O–H groups in total. The summed E-state index contributed by atoms with van der Waals surface area (Å²) in [6.07, 6.45) is 0. The van der Waals surface area contributed by atoms with E-state index in [1.54, 1.807) is 7.11 Å². The van der Waals surface area contributed by atoms with Gasteiger partial charge in [-0.1, -0.05) is 146 Å². The predicted octanol–water partition coefficient (Wildman–Crippen LogP) is 8.98. The van der Waals surface area contributed by atoms with Gasteiger partial charge in [-0.05, 0) is 39.2 Å². The van der Waals surface area contributed by atoms with Gasteiger partial charge in [-0.25, -0.2) is 0 Å². The Balaban J connectivity index is 1.69. The third-order valence-corrected chi connectivity index (χ3v) is 11.1. The maximum absolute atomic E-state index is 15.9. The Morgan fingerprint density at radius 1 is 0.500 bits per heavy atom. The van der Waals surface area contributed by atoms with Crippen molar-refractivity contribution in [3.8, 4) is 28.0 Å². The van der Waals surface area contributed by atoms with Gasteiger partial charge < -0.3 is 9.30 Å². The molecule has 0 saturated heterocycles. The first kappa shape index (κ1) is 26.0. The van der Waals surface area contributed by atoms with Gasteiger partial charge >= 0.3 is 0 Å². The Morgan fingerprint density at radius 3 is 1.60 bits per heavy atom. The minimum atomic E-state index is -3.33. The van der Waals surface area contributed by atoms with E-state index in [9.17, 15) is 0 Å². The molecule has 0 aliphatic rings. The number of fused-ring (bicyclic) bond motifs is 2. The monoisotopic (exact) mass is 560 g/mol. The fourth-order valence-electron chi connectivity index (χ4n) is 6.11. The van der Waals surface area contributed by atoms with Gasteiger partial charge in [0.15, 0.2) is 7.14 Å². The van der Waals surface area contributed by atoms with E-state index in [2.05, 4.69) is 78.9 Å². The Morgan fingerprint density at radius 2 is 1.00 bits per heavy atom. The van der Waals surface area contributed by atoms with Crippen LogP contribution in [0.15, 0.2) is 158 Å². The Kier molecular flexibility index (Phi) is 6.70. The lowest BCUT2D eigenvalue weighted by atomic mass is 9.89. The van der Waals surface area contributed by atoms with Crippen molar-refractivity contribution in [1.29, 1.82) is 0 Å².